The van der Waals surface area contributed by atoms with Crippen LogP contribution in [0.5, 0.6) is 0 Å². The van der Waals surface area contributed by atoms with E-state index in [1.807, 2.05) is 30.3 Å². The molecule has 4 heteroatoms. The van der Waals surface area contributed by atoms with Crippen LogP contribution in [-0.2, 0) is 9.63 Å². The van der Waals surface area contributed by atoms with Crippen LogP contribution in [0.25, 0.3) is 0 Å². The van der Waals surface area contributed by atoms with Gasteiger partial charge < -0.3 is 14.7 Å². The van der Waals surface area contributed by atoms with Gasteiger partial charge in [-0.05, 0) is 5.56 Å². The van der Waals surface area contributed by atoms with E-state index >= 15 is 0 Å². The average Bonchev–Trinajstić information content (AvgIpc) is 2.14. The van der Waals surface area contributed by atoms with Crippen LogP contribution in [0.1, 0.15) is 5.56 Å². The number of carboxylic acid groups (broad SMARTS) is 1. The van der Waals surface area contributed by atoms with E-state index < -0.39 is 12.6 Å². The van der Waals surface area contributed by atoms with E-state index in [2.05, 4.69) is 9.99 Å². The van der Waals surface area contributed by atoms with Crippen molar-refractivity contribution in [2.45, 2.75) is 0 Å². The Balaban J connectivity index is 2.37. The fourth-order valence-corrected chi connectivity index (χ4v) is 0.727. The van der Waals surface area contributed by atoms with E-state index in [1.165, 1.54) is 6.21 Å². The second-order valence-electron chi connectivity index (χ2n) is 2.29. The first-order chi connectivity index (χ1) is 6.29. The van der Waals surface area contributed by atoms with E-state index in [-0.39, 0.29) is 0 Å². The number of benzene rings is 1. The van der Waals surface area contributed by atoms with Gasteiger partial charge in [0, 0.05) is 0 Å². The van der Waals surface area contributed by atoms with E-state index in [0.717, 1.165) is 5.56 Å². The summed E-state index contributed by atoms with van der Waals surface area (Å²) in [6, 6.07) is 9.22. The molecular formula is C9H8NO3-. The van der Waals surface area contributed by atoms with Gasteiger partial charge in [-0.1, -0.05) is 35.5 Å². The molecule has 1 rings (SSSR count). The number of nitrogens with zero attached hydrogens (tertiary/aromatic N) is 1. The van der Waals surface area contributed by atoms with Gasteiger partial charge in [0.25, 0.3) is 0 Å². The molecule has 4 nitrogen and oxygen atoms in total. The Morgan fingerprint density at radius 3 is 2.77 bits per heavy atom. The molecule has 1 aromatic rings. The van der Waals surface area contributed by atoms with Gasteiger partial charge in [0.1, 0.15) is 0 Å². The lowest BCUT2D eigenvalue weighted by Gasteiger charge is -1.98. The lowest BCUT2D eigenvalue weighted by atomic mass is 10.2. The molecule has 0 bridgehead atoms. The van der Waals surface area contributed by atoms with Crippen molar-refractivity contribution in [3.63, 3.8) is 0 Å². The Morgan fingerprint density at radius 2 is 2.15 bits per heavy atom. The second kappa shape index (κ2) is 4.92. The van der Waals surface area contributed by atoms with E-state index in [1.54, 1.807) is 0 Å². The van der Waals surface area contributed by atoms with Crippen LogP contribution in [0, 0.1) is 0 Å². The summed E-state index contributed by atoms with van der Waals surface area (Å²) in [5.41, 5.74) is 0.848. The molecular weight excluding hydrogens is 170 g/mol. The zero-order chi connectivity index (χ0) is 9.52. The summed E-state index contributed by atoms with van der Waals surface area (Å²) in [5.74, 6) is -1.29. The number of oxime groups is 1. The van der Waals surface area contributed by atoms with Crippen molar-refractivity contribution in [1.29, 1.82) is 0 Å². The predicted octanol–water partition coefficient (Wildman–Crippen LogP) is -0.213. The number of hydrogen-bond donors (Lipinski definition) is 0. The number of carboxylic acids is 1. The largest absolute Gasteiger partial charge is 0.546 e. The third-order valence-corrected chi connectivity index (χ3v) is 1.26. The molecule has 0 aliphatic carbocycles. The lowest BCUT2D eigenvalue weighted by Crippen LogP contribution is -2.26. The van der Waals surface area contributed by atoms with Crippen LogP contribution in [-0.4, -0.2) is 18.8 Å². The maximum absolute atomic E-state index is 9.90. The van der Waals surface area contributed by atoms with Crippen molar-refractivity contribution in [2.24, 2.45) is 5.16 Å². The summed E-state index contributed by atoms with van der Waals surface area (Å²) in [6.45, 7) is -0.524. The Kier molecular flexibility index (Phi) is 3.50. The minimum absolute atomic E-state index is 0.524. The molecule has 0 radical (unpaired) electrons. The SMILES string of the molecule is O=C([O-])CON=Cc1ccccc1. The van der Waals surface area contributed by atoms with Crippen molar-refractivity contribution < 1.29 is 14.7 Å². The molecule has 0 saturated heterocycles. The standard InChI is InChI=1S/C9H9NO3/c11-9(12)7-13-10-6-8-4-2-1-3-5-8/h1-6H,7H2,(H,11,12)/p-1. The molecule has 0 aliphatic heterocycles. The molecule has 0 atom stereocenters. The van der Waals surface area contributed by atoms with Crippen LogP contribution in [0.15, 0.2) is 35.5 Å². The maximum atomic E-state index is 9.90. The molecule has 0 heterocycles. The molecule has 68 valence electrons. The van der Waals surface area contributed by atoms with Crippen LogP contribution in [0.2, 0.25) is 0 Å². The summed E-state index contributed by atoms with van der Waals surface area (Å²) >= 11 is 0. The molecule has 0 spiro atoms. The Bertz CT molecular complexity index is 295. The predicted molar refractivity (Wildman–Crippen MR) is 45.0 cm³/mol. The molecule has 0 N–H and O–H groups in total. The molecule has 0 fully saturated rings. The van der Waals surface area contributed by atoms with Gasteiger partial charge in [0.15, 0.2) is 6.61 Å². The smallest absolute Gasteiger partial charge is 0.156 e. The number of carbonyl (C=O) groups is 1. The highest BCUT2D eigenvalue weighted by molar-refractivity contribution is 5.78. The molecule has 0 aromatic heterocycles. The normalized spacial score (nSPS) is 10.2. The molecule has 0 saturated carbocycles. The van der Waals surface area contributed by atoms with Gasteiger partial charge in [-0.2, -0.15) is 0 Å². The highest BCUT2D eigenvalue weighted by Gasteiger charge is 1.84. The maximum Gasteiger partial charge on any atom is 0.156 e. The summed E-state index contributed by atoms with van der Waals surface area (Å²) in [6.07, 6.45) is 1.43. The fourth-order valence-electron chi connectivity index (χ4n) is 0.727. The Morgan fingerprint density at radius 1 is 1.46 bits per heavy atom. The van der Waals surface area contributed by atoms with Crippen LogP contribution in [0.3, 0.4) is 0 Å². The van der Waals surface area contributed by atoms with Crippen molar-refractivity contribution in [2.75, 3.05) is 6.61 Å². The number of carbonyl (C=O) groups excluding carboxylic acids is 1. The summed E-state index contributed by atoms with van der Waals surface area (Å²) in [7, 11) is 0. The molecule has 0 aliphatic rings. The van der Waals surface area contributed by atoms with Gasteiger partial charge >= 0.3 is 0 Å². The third kappa shape index (κ3) is 3.91. The Hall–Kier alpha value is -1.84. The monoisotopic (exact) mass is 178 g/mol. The summed E-state index contributed by atoms with van der Waals surface area (Å²) in [4.78, 5) is 14.3. The minimum Gasteiger partial charge on any atom is -0.546 e. The van der Waals surface area contributed by atoms with Crippen molar-refractivity contribution >= 4 is 12.2 Å². The topological polar surface area (TPSA) is 61.7 Å². The van der Waals surface area contributed by atoms with Crippen molar-refractivity contribution in [3.05, 3.63) is 35.9 Å². The van der Waals surface area contributed by atoms with Crippen molar-refractivity contribution in [1.82, 2.24) is 0 Å². The van der Waals surface area contributed by atoms with E-state index in [9.17, 15) is 9.90 Å². The van der Waals surface area contributed by atoms with Gasteiger partial charge in [-0.3, -0.25) is 0 Å². The van der Waals surface area contributed by atoms with Gasteiger partial charge in [0.2, 0.25) is 0 Å². The first-order valence-corrected chi connectivity index (χ1v) is 3.69. The average molecular weight is 178 g/mol. The molecule has 0 amide bonds. The summed E-state index contributed by atoms with van der Waals surface area (Å²) in [5, 5.41) is 13.3. The van der Waals surface area contributed by atoms with Crippen LogP contribution >= 0.6 is 0 Å². The van der Waals surface area contributed by atoms with Gasteiger partial charge in [-0.25, -0.2) is 0 Å². The zero-order valence-corrected chi connectivity index (χ0v) is 6.84. The van der Waals surface area contributed by atoms with Crippen LogP contribution in [0.4, 0.5) is 0 Å². The van der Waals surface area contributed by atoms with Crippen LogP contribution < -0.4 is 5.11 Å². The number of aliphatic carboxylic acids is 1. The highest BCUT2D eigenvalue weighted by atomic mass is 16.6. The van der Waals surface area contributed by atoms with Gasteiger partial charge in [-0.15, -0.1) is 0 Å². The molecule has 0 unspecified atom stereocenters. The summed E-state index contributed by atoms with van der Waals surface area (Å²) < 4.78 is 0. The second-order valence-corrected chi connectivity index (χ2v) is 2.29. The quantitative estimate of drug-likeness (QED) is 0.473. The highest BCUT2D eigenvalue weighted by Crippen LogP contribution is 1.93. The zero-order valence-electron chi connectivity index (χ0n) is 6.84. The first kappa shape index (κ1) is 9.25. The van der Waals surface area contributed by atoms with Crippen molar-refractivity contribution in [3.8, 4) is 0 Å². The number of hydrogen-bond acceptors (Lipinski definition) is 4. The third-order valence-electron chi connectivity index (χ3n) is 1.26. The lowest BCUT2D eigenvalue weighted by molar-refractivity contribution is -0.309. The van der Waals surface area contributed by atoms with Gasteiger partial charge in [0.05, 0.1) is 12.2 Å². The number of rotatable bonds is 4. The fraction of sp³-hybridized carbons (Fsp3) is 0.111. The Labute approximate surface area is 75.4 Å². The van der Waals surface area contributed by atoms with E-state index in [4.69, 9.17) is 0 Å². The molecule has 1 aromatic carbocycles. The first-order valence-electron chi connectivity index (χ1n) is 3.69. The minimum atomic E-state index is -1.29. The van der Waals surface area contributed by atoms with E-state index in [0.29, 0.717) is 0 Å². The molecule has 13 heavy (non-hydrogen) atoms.